The molecule has 116 valence electrons. The first kappa shape index (κ1) is 15.6. The molecule has 0 spiro atoms. The summed E-state index contributed by atoms with van der Waals surface area (Å²) in [6.45, 7) is 11.4. The van der Waals surface area contributed by atoms with E-state index in [-0.39, 0.29) is 0 Å². The summed E-state index contributed by atoms with van der Waals surface area (Å²) in [5.41, 5.74) is 3.11. The monoisotopic (exact) mass is 291 g/mol. The molecule has 5 nitrogen and oxygen atoms in total. The van der Waals surface area contributed by atoms with Gasteiger partial charge in [0.15, 0.2) is 5.75 Å². The van der Waals surface area contributed by atoms with Crippen molar-refractivity contribution < 1.29 is 9.15 Å². The molecule has 1 N–H and O–H groups in total. The maximum atomic E-state index is 5.87. The van der Waals surface area contributed by atoms with Crippen molar-refractivity contribution >= 4 is 0 Å². The molecular formula is C16H25N3O2. The molecule has 0 fully saturated rings. The lowest BCUT2D eigenvalue weighted by Gasteiger charge is -2.06. The number of nitrogens with one attached hydrogen (secondary N) is 1. The van der Waals surface area contributed by atoms with Crippen LogP contribution in [-0.2, 0) is 20.2 Å². The van der Waals surface area contributed by atoms with Gasteiger partial charge in [-0.25, -0.2) is 0 Å². The van der Waals surface area contributed by atoms with Crippen molar-refractivity contribution in [3.05, 3.63) is 34.5 Å². The third-order valence-corrected chi connectivity index (χ3v) is 3.57. The summed E-state index contributed by atoms with van der Waals surface area (Å²) in [5.74, 6) is 2.63. The van der Waals surface area contributed by atoms with E-state index in [1.165, 1.54) is 5.56 Å². The first-order chi connectivity index (χ1) is 9.88. The minimum absolute atomic E-state index is 0.426. The van der Waals surface area contributed by atoms with Gasteiger partial charge >= 0.3 is 0 Å². The number of hydrogen-bond acceptors (Lipinski definition) is 4. The average Bonchev–Trinajstić information content (AvgIpc) is 2.87. The van der Waals surface area contributed by atoms with Crippen LogP contribution in [0.3, 0.4) is 0 Å². The Morgan fingerprint density at radius 3 is 2.62 bits per heavy atom. The van der Waals surface area contributed by atoms with Gasteiger partial charge in [0, 0.05) is 25.2 Å². The molecule has 0 aliphatic rings. The molecule has 0 atom stereocenters. The topological polar surface area (TPSA) is 52.2 Å². The maximum absolute atomic E-state index is 5.87. The summed E-state index contributed by atoms with van der Waals surface area (Å²) in [7, 11) is 1.92. The van der Waals surface area contributed by atoms with Crippen molar-refractivity contribution in [2.75, 3.05) is 0 Å². The Balaban J connectivity index is 2.02. The smallest absolute Gasteiger partial charge is 0.163 e. The lowest BCUT2D eigenvalue weighted by atomic mass is 10.2. The van der Waals surface area contributed by atoms with E-state index in [1.807, 2.05) is 32.5 Å². The van der Waals surface area contributed by atoms with Gasteiger partial charge in [0.2, 0.25) is 0 Å². The van der Waals surface area contributed by atoms with Gasteiger partial charge in [0.25, 0.3) is 0 Å². The molecule has 0 unspecified atom stereocenters. The van der Waals surface area contributed by atoms with Crippen LogP contribution in [0.2, 0.25) is 0 Å². The Bertz CT molecular complexity index is 611. The molecule has 0 amide bonds. The molecule has 0 saturated carbocycles. The van der Waals surface area contributed by atoms with Crippen LogP contribution in [0.4, 0.5) is 0 Å². The Labute approximate surface area is 126 Å². The highest BCUT2D eigenvalue weighted by Gasteiger charge is 2.13. The number of aromatic nitrogens is 2. The van der Waals surface area contributed by atoms with E-state index in [9.17, 15) is 0 Å². The van der Waals surface area contributed by atoms with E-state index in [0.717, 1.165) is 35.2 Å². The van der Waals surface area contributed by atoms with Gasteiger partial charge < -0.3 is 14.5 Å². The van der Waals surface area contributed by atoms with Crippen LogP contribution >= 0.6 is 0 Å². The zero-order chi connectivity index (χ0) is 15.6. The second-order valence-corrected chi connectivity index (χ2v) is 5.74. The lowest BCUT2D eigenvalue weighted by Crippen LogP contribution is -2.21. The average molecular weight is 291 g/mol. The molecule has 2 aromatic rings. The Kier molecular flexibility index (Phi) is 4.73. The first-order valence-electron chi connectivity index (χ1n) is 7.33. The molecule has 0 bridgehead atoms. The van der Waals surface area contributed by atoms with E-state index >= 15 is 0 Å². The molecule has 0 aromatic carbocycles. The molecule has 21 heavy (non-hydrogen) atoms. The number of ether oxygens (including phenoxy) is 1. The number of furan rings is 1. The van der Waals surface area contributed by atoms with Crippen LogP contribution in [0, 0.1) is 20.8 Å². The Hall–Kier alpha value is -1.75. The van der Waals surface area contributed by atoms with Gasteiger partial charge in [-0.1, -0.05) is 13.8 Å². The van der Waals surface area contributed by atoms with Crippen LogP contribution in [0.5, 0.6) is 5.75 Å². The van der Waals surface area contributed by atoms with E-state index in [2.05, 4.69) is 30.3 Å². The number of hydrogen-bond donors (Lipinski definition) is 1. The van der Waals surface area contributed by atoms with Gasteiger partial charge in [-0.15, -0.1) is 0 Å². The fourth-order valence-corrected chi connectivity index (χ4v) is 2.25. The van der Waals surface area contributed by atoms with E-state index in [0.29, 0.717) is 12.6 Å². The van der Waals surface area contributed by atoms with Crippen molar-refractivity contribution in [3.8, 4) is 5.75 Å². The Morgan fingerprint density at radius 2 is 2.05 bits per heavy atom. The Morgan fingerprint density at radius 1 is 1.33 bits per heavy atom. The summed E-state index contributed by atoms with van der Waals surface area (Å²) in [4.78, 5) is 0. The highest BCUT2D eigenvalue weighted by Crippen LogP contribution is 2.23. The van der Waals surface area contributed by atoms with Crippen molar-refractivity contribution in [2.24, 2.45) is 7.05 Å². The molecular weight excluding hydrogens is 266 g/mol. The molecule has 5 heteroatoms. The van der Waals surface area contributed by atoms with Crippen LogP contribution < -0.4 is 10.1 Å². The van der Waals surface area contributed by atoms with Crippen LogP contribution in [-0.4, -0.2) is 15.8 Å². The first-order valence-corrected chi connectivity index (χ1v) is 7.33. The third kappa shape index (κ3) is 3.67. The number of aryl methyl sites for hydroxylation is 3. The normalized spacial score (nSPS) is 11.4. The fourth-order valence-electron chi connectivity index (χ4n) is 2.25. The number of rotatable bonds is 6. The molecule has 0 saturated heterocycles. The lowest BCUT2D eigenvalue weighted by molar-refractivity contribution is 0.264. The zero-order valence-corrected chi connectivity index (χ0v) is 13.8. The van der Waals surface area contributed by atoms with Gasteiger partial charge in [-0.2, -0.15) is 5.10 Å². The van der Waals surface area contributed by atoms with Crippen molar-refractivity contribution in [1.82, 2.24) is 15.1 Å². The number of nitrogens with zero attached hydrogens (tertiary/aromatic N) is 2. The molecule has 0 radical (unpaired) electrons. The van der Waals surface area contributed by atoms with Crippen molar-refractivity contribution in [2.45, 2.75) is 53.8 Å². The fraction of sp³-hybridized carbons (Fsp3) is 0.562. The predicted molar refractivity (Wildman–Crippen MR) is 82.4 cm³/mol. The van der Waals surface area contributed by atoms with Gasteiger partial charge in [-0.3, -0.25) is 4.68 Å². The largest absolute Gasteiger partial charge is 0.482 e. The minimum atomic E-state index is 0.426. The van der Waals surface area contributed by atoms with E-state index < -0.39 is 0 Å². The van der Waals surface area contributed by atoms with Crippen LogP contribution in [0.25, 0.3) is 0 Å². The summed E-state index contributed by atoms with van der Waals surface area (Å²) in [6.07, 6.45) is 0. The standard InChI is InChI=1S/C16H25N3O2/c1-10(2)17-8-14-7-15(21-13(14)5)9-20-16-11(3)18-19(6)12(16)4/h7,10,17H,8-9H2,1-6H3. The minimum Gasteiger partial charge on any atom is -0.482 e. The van der Waals surface area contributed by atoms with E-state index in [1.54, 1.807) is 0 Å². The zero-order valence-electron chi connectivity index (χ0n) is 13.8. The van der Waals surface area contributed by atoms with E-state index in [4.69, 9.17) is 9.15 Å². The van der Waals surface area contributed by atoms with Gasteiger partial charge in [-0.05, 0) is 26.8 Å². The van der Waals surface area contributed by atoms with Gasteiger partial charge in [0.05, 0.1) is 5.69 Å². The second kappa shape index (κ2) is 6.35. The quantitative estimate of drug-likeness (QED) is 0.889. The SMILES string of the molecule is Cc1nn(C)c(C)c1OCc1cc(CNC(C)C)c(C)o1. The third-order valence-electron chi connectivity index (χ3n) is 3.57. The summed E-state index contributed by atoms with van der Waals surface area (Å²) < 4.78 is 13.5. The highest BCUT2D eigenvalue weighted by atomic mass is 16.5. The second-order valence-electron chi connectivity index (χ2n) is 5.74. The molecule has 2 heterocycles. The summed E-state index contributed by atoms with van der Waals surface area (Å²) >= 11 is 0. The predicted octanol–water partition coefficient (Wildman–Crippen LogP) is 3.02. The summed E-state index contributed by atoms with van der Waals surface area (Å²) in [6, 6.07) is 2.52. The molecule has 2 aromatic heterocycles. The van der Waals surface area contributed by atoms with Crippen LogP contribution in [0.15, 0.2) is 10.5 Å². The highest BCUT2D eigenvalue weighted by molar-refractivity contribution is 5.32. The van der Waals surface area contributed by atoms with Crippen molar-refractivity contribution in [1.29, 1.82) is 0 Å². The van der Waals surface area contributed by atoms with Crippen LogP contribution in [0.1, 0.15) is 42.3 Å². The summed E-state index contributed by atoms with van der Waals surface area (Å²) in [5, 5.41) is 7.74. The molecule has 2 rings (SSSR count). The van der Waals surface area contributed by atoms with Gasteiger partial charge in [0.1, 0.15) is 23.8 Å². The maximum Gasteiger partial charge on any atom is 0.163 e. The van der Waals surface area contributed by atoms with Crippen molar-refractivity contribution in [3.63, 3.8) is 0 Å². The molecule has 0 aliphatic heterocycles. The molecule has 0 aliphatic carbocycles.